The smallest absolute Gasteiger partial charge is 0.264 e. The van der Waals surface area contributed by atoms with E-state index in [1.807, 2.05) is 13.8 Å². The van der Waals surface area contributed by atoms with Crippen LogP contribution >= 0.6 is 0 Å². The number of nitrogens with one attached hydrogen (secondary N) is 2. The summed E-state index contributed by atoms with van der Waals surface area (Å²) in [4.78, 5) is 31.1. The van der Waals surface area contributed by atoms with Gasteiger partial charge in [0.05, 0.1) is 11.8 Å². The topological polar surface area (TPSA) is 95.1 Å². The molecule has 0 aromatic carbocycles. The highest BCUT2D eigenvalue weighted by Crippen LogP contribution is 2.37. The molecular weight excluding hydrogens is 270 g/mol. The van der Waals surface area contributed by atoms with E-state index in [0.717, 1.165) is 12.8 Å². The van der Waals surface area contributed by atoms with Gasteiger partial charge in [-0.15, -0.1) is 0 Å². The minimum absolute atomic E-state index is 0.0381. The summed E-state index contributed by atoms with van der Waals surface area (Å²) in [6, 6.07) is 0. The molecule has 0 spiro atoms. The van der Waals surface area contributed by atoms with Crippen LogP contribution in [0.15, 0.2) is 4.79 Å². The summed E-state index contributed by atoms with van der Waals surface area (Å²) in [6.07, 6.45) is 2.08. The Morgan fingerprint density at radius 2 is 2.14 bits per heavy atom. The zero-order valence-electron chi connectivity index (χ0n) is 12.8. The molecule has 1 fully saturated rings. The van der Waals surface area contributed by atoms with Crippen LogP contribution < -0.4 is 10.9 Å². The first-order chi connectivity index (χ1) is 9.88. The third-order valence-electron chi connectivity index (χ3n) is 3.55. The van der Waals surface area contributed by atoms with Gasteiger partial charge in [0.15, 0.2) is 0 Å². The van der Waals surface area contributed by atoms with E-state index in [2.05, 4.69) is 15.3 Å². The number of aliphatic hydroxyl groups excluding tert-OH is 1. The summed E-state index contributed by atoms with van der Waals surface area (Å²) in [5.74, 6) is 0.878. The van der Waals surface area contributed by atoms with Crippen LogP contribution in [0.5, 0.6) is 0 Å². The molecule has 3 N–H and O–H groups in total. The minimum atomic E-state index is -0.605. The lowest BCUT2D eigenvalue weighted by Gasteiger charge is -2.14. The van der Waals surface area contributed by atoms with Crippen molar-refractivity contribution in [2.45, 2.75) is 52.1 Å². The standard InChI is InChI=1S/C15H23N3O3/c1-8(2)6-11(19)7-16-14(20)12-9(3)17-13(10-4-5-10)18-15(12)21/h8,10-11,19H,4-7H2,1-3H3,(H,16,20)(H,17,18,21). The summed E-state index contributed by atoms with van der Waals surface area (Å²) in [5, 5.41) is 12.4. The van der Waals surface area contributed by atoms with Crippen molar-refractivity contribution in [3.63, 3.8) is 0 Å². The first kappa shape index (κ1) is 15.7. The van der Waals surface area contributed by atoms with E-state index in [9.17, 15) is 14.7 Å². The van der Waals surface area contributed by atoms with Gasteiger partial charge in [0.25, 0.3) is 11.5 Å². The summed E-state index contributed by atoms with van der Waals surface area (Å²) in [7, 11) is 0. The Hall–Kier alpha value is -1.69. The number of carbonyl (C=O) groups is 1. The van der Waals surface area contributed by atoms with Crippen LogP contribution in [0.2, 0.25) is 0 Å². The molecule has 1 saturated carbocycles. The fourth-order valence-corrected chi connectivity index (χ4v) is 2.35. The number of rotatable bonds is 6. The van der Waals surface area contributed by atoms with Gasteiger partial charge in [-0.3, -0.25) is 9.59 Å². The Morgan fingerprint density at radius 1 is 1.48 bits per heavy atom. The zero-order valence-corrected chi connectivity index (χ0v) is 12.8. The fourth-order valence-electron chi connectivity index (χ4n) is 2.35. The van der Waals surface area contributed by atoms with E-state index in [1.54, 1.807) is 6.92 Å². The highest BCUT2D eigenvalue weighted by Gasteiger charge is 2.28. The quantitative estimate of drug-likeness (QED) is 0.731. The lowest BCUT2D eigenvalue weighted by Crippen LogP contribution is -2.37. The number of aromatic amines is 1. The molecule has 1 aromatic heterocycles. The highest BCUT2D eigenvalue weighted by molar-refractivity contribution is 5.94. The maximum absolute atomic E-state index is 12.1. The Labute approximate surface area is 124 Å². The number of aryl methyl sites for hydroxylation is 1. The summed E-state index contributed by atoms with van der Waals surface area (Å²) >= 11 is 0. The lowest BCUT2D eigenvalue weighted by atomic mass is 10.1. The fraction of sp³-hybridized carbons (Fsp3) is 0.667. The van der Waals surface area contributed by atoms with Gasteiger partial charge in [-0.05, 0) is 32.1 Å². The van der Waals surface area contributed by atoms with Crippen LogP contribution in [0.3, 0.4) is 0 Å². The van der Waals surface area contributed by atoms with Crippen molar-refractivity contribution in [1.82, 2.24) is 15.3 Å². The van der Waals surface area contributed by atoms with Crippen molar-refractivity contribution < 1.29 is 9.90 Å². The predicted octanol–water partition coefficient (Wildman–Crippen LogP) is 1.09. The second-order valence-electron chi connectivity index (χ2n) is 6.18. The van der Waals surface area contributed by atoms with Crippen molar-refractivity contribution in [2.75, 3.05) is 6.54 Å². The first-order valence-corrected chi connectivity index (χ1v) is 7.45. The molecule has 1 aromatic rings. The van der Waals surface area contributed by atoms with Gasteiger partial charge in [0, 0.05) is 12.5 Å². The molecule has 6 heteroatoms. The van der Waals surface area contributed by atoms with E-state index >= 15 is 0 Å². The average molecular weight is 293 g/mol. The van der Waals surface area contributed by atoms with Crippen LogP contribution in [0, 0.1) is 12.8 Å². The number of amides is 1. The Balaban J connectivity index is 2.04. The molecule has 0 bridgehead atoms. The Bertz CT molecular complexity index is 576. The molecule has 1 amide bonds. The van der Waals surface area contributed by atoms with Crippen molar-refractivity contribution >= 4 is 5.91 Å². The van der Waals surface area contributed by atoms with Crippen LogP contribution in [-0.2, 0) is 0 Å². The molecule has 0 aliphatic heterocycles. The number of hydrogen-bond acceptors (Lipinski definition) is 4. The Kier molecular flexibility index (Phi) is 4.77. The van der Waals surface area contributed by atoms with Crippen LogP contribution in [0.25, 0.3) is 0 Å². The molecule has 6 nitrogen and oxygen atoms in total. The van der Waals surface area contributed by atoms with Gasteiger partial charge in [-0.25, -0.2) is 4.98 Å². The van der Waals surface area contributed by atoms with Gasteiger partial charge in [-0.2, -0.15) is 0 Å². The molecular formula is C15H23N3O3. The van der Waals surface area contributed by atoms with Gasteiger partial charge in [-0.1, -0.05) is 13.8 Å². The predicted molar refractivity (Wildman–Crippen MR) is 79.4 cm³/mol. The largest absolute Gasteiger partial charge is 0.391 e. The molecule has 116 valence electrons. The minimum Gasteiger partial charge on any atom is -0.391 e. The van der Waals surface area contributed by atoms with Crippen molar-refractivity contribution in [1.29, 1.82) is 0 Å². The van der Waals surface area contributed by atoms with Crippen molar-refractivity contribution in [2.24, 2.45) is 5.92 Å². The van der Waals surface area contributed by atoms with Crippen molar-refractivity contribution in [3.8, 4) is 0 Å². The monoisotopic (exact) mass is 293 g/mol. The van der Waals surface area contributed by atoms with E-state index in [0.29, 0.717) is 29.8 Å². The van der Waals surface area contributed by atoms with Gasteiger partial charge in [0.1, 0.15) is 11.4 Å². The molecule has 0 radical (unpaired) electrons. The van der Waals surface area contributed by atoms with E-state index < -0.39 is 17.6 Å². The van der Waals surface area contributed by atoms with Crippen LogP contribution in [-0.4, -0.2) is 33.6 Å². The van der Waals surface area contributed by atoms with Crippen molar-refractivity contribution in [3.05, 3.63) is 27.4 Å². The van der Waals surface area contributed by atoms with Crippen LogP contribution in [0.1, 0.15) is 60.9 Å². The summed E-state index contributed by atoms with van der Waals surface area (Å²) in [5.41, 5.74) is 0.0768. The number of hydrogen-bond donors (Lipinski definition) is 3. The second-order valence-corrected chi connectivity index (χ2v) is 6.18. The van der Waals surface area contributed by atoms with E-state index in [-0.39, 0.29) is 12.1 Å². The van der Waals surface area contributed by atoms with E-state index in [4.69, 9.17) is 0 Å². The third kappa shape index (κ3) is 4.14. The number of aliphatic hydroxyl groups is 1. The molecule has 21 heavy (non-hydrogen) atoms. The van der Waals surface area contributed by atoms with Gasteiger partial charge >= 0.3 is 0 Å². The number of nitrogens with zero attached hydrogens (tertiary/aromatic N) is 1. The molecule has 0 saturated heterocycles. The van der Waals surface area contributed by atoms with Crippen LogP contribution in [0.4, 0.5) is 0 Å². The maximum Gasteiger partial charge on any atom is 0.264 e. The van der Waals surface area contributed by atoms with Gasteiger partial charge < -0.3 is 15.4 Å². The number of H-pyrrole nitrogens is 1. The highest BCUT2D eigenvalue weighted by atomic mass is 16.3. The summed E-state index contributed by atoms with van der Waals surface area (Å²) < 4.78 is 0. The molecule has 1 aliphatic rings. The SMILES string of the molecule is Cc1nc(C2CC2)[nH]c(=O)c1C(=O)NCC(O)CC(C)C. The average Bonchev–Trinajstić information content (AvgIpc) is 3.18. The molecule has 1 heterocycles. The normalized spacial score (nSPS) is 16.0. The molecule has 1 atom stereocenters. The lowest BCUT2D eigenvalue weighted by molar-refractivity contribution is 0.0897. The first-order valence-electron chi connectivity index (χ1n) is 7.45. The Morgan fingerprint density at radius 3 is 2.67 bits per heavy atom. The zero-order chi connectivity index (χ0) is 15.6. The third-order valence-corrected chi connectivity index (χ3v) is 3.55. The molecule has 1 unspecified atom stereocenters. The summed E-state index contributed by atoms with van der Waals surface area (Å²) in [6.45, 7) is 5.81. The molecule has 2 rings (SSSR count). The second kappa shape index (κ2) is 6.39. The van der Waals surface area contributed by atoms with Gasteiger partial charge in [0.2, 0.25) is 0 Å². The van der Waals surface area contributed by atoms with E-state index in [1.165, 1.54) is 0 Å². The number of aromatic nitrogens is 2. The number of carbonyl (C=O) groups excluding carboxylic acids is 1. The molecule has 1 aliphatic carbocycles. The maximum atomic E-state index is 12.1.